The topological polar surface area (TPSA) is 48.7 Å². The molecule has 4 nitrogen and oxygen atoms in total. The van der Waals surface area contributed by atoms with Crippen molar-refractivity contribution in [2.24, 2.45) is 0 Å². The van der Waals surface area contributed by atoms with Crippen LogP contribution in [-0.4, -0.2) is 21.2 Å². The molecule has 0 aliphatic rings. The third kappa shape index (κ3) is 5.33. The predicted molar refractivity (Wildman–Crippen MR) is 71.7 cm³/mol. The summed E-state index contributed by atoms with van der Waals surface area (Å²) in [6, 6.07) is 3.63. The van der Waals surface area contributed by atoms with Gasteiger partial charge in [-0.2, -0.15) is 0 Å². The van der Waals surface area contributed by atoms with Crippen molar-refractivity contribution in [2.45, 2.75) is 32.2 Å². The van der Waals surface area contributed by atoms with E-state index in [1.54, 1.807) is 12.3 Å². The Morgan fingerprint density at radius 3 is 2.72 bits per heavy atom. The summed E-state index contributed by atoms with van der Waals surface area (Å²) in [5.41, 5.74) is 0. The van der Waals surface area contributed by atoms with E-state index in [0.29, 0.717) is 5.76 Å². The lowest BCUT2D eigenvalue weighted by molar-refractivity contribution is -0.116. The molecule has 0 fully saturated rings. The van der Waals surface area contributed by atoms with Crippen LogP contribution in [0.25, 0.3) is 0 Å². The summed E-state index contributed by atoms with van der Waals surface area (Å²) >= 11 is 0. The minimum Gasteiger partial charge on any atom is -0.504 e. The molecule has 0 N–H and O–H groups in total. The Balaban J connectivity index is 2.73. The van der Waals surface area contributed by atoms with Gasteiger partial charge in [0, 0.05) is 12.5 Å². The first-order chi connectivity index (χ1) is 8.42. The van der Waals surface area contributed by atoms with Gasteiger partial charge in [-0.3, -0.25) is 4.79 Å². The van der Waals surface area contributed by atoms with Crippen LogP contribution in [0.4, 0.5) is 0 Å². The number of furan rings is 1. The van der Waals surface area contributed by atoms with Crippen LogP contribution in [0.2, 0.25) is 19.6 Å². The summed E-state index contributed by atoms with van der Waals surface area (Å²) in [5, 5.41) is 0. The molecule has 0 bridgehead atoms. The van der Waals surface area contributed by atoms with Crippen LogP contribution in [0.15, 0.2) is 35.2 Å². The molecule has 1 rings (SSSR count). The summed E-state index contributed by atoms with van der Waals surface area (Å²) in [5.74, 6) is 0.646. The molecule has 0 unspecified atom stereocenters. The first-order valence-corrected chi connectivity index (χ1v) is 9.26. The zero-order valence-electron chi connectivity index (χ0n) is 11.3. The van der Waals surface area contributed by atoms with Gasteiger partial charge in [0.25, 0.3) is 0 Å². The molecule has 0 amide bonds. The molecule has 0 radical (unpaired) electrons. The summed E-state index contributed by atoms with van der Waals surface area (Å²) in [6.45, 7) is 6.25. The number of methoxy groups -OCH3 is 1. The number of carbonyl (C=O) groups excluding carboxylic acids is 1. The van der Waals surface area contributed by atoms with Crippen LogP contribution in [0, 0.1) is 0 Å². The summed E-state index contributed by atoms with van der Waals surface area (Å²) in [7, 11) is -0.236. The highest BCUT2D eigenvalue weighted by Gasteiger charge is 2.25. The Morgan fingerprint density at radius 2 is 2.22 bits per heavy atom. The number of ketones is 1. The average Bonchev–Trinajstić information content (AvgIpc) is 2.76. The number of rotatable bonds is 7. The average molecular weight is 268 g/mol. The molecule has 1 atom stereocenters. The van der Waals surface area contributed by atoms with Crippen LogP contribution < -0.4 is 0 Å². The van der Waals surface area contributed by atoms with Crippen LogP contribution in [0.5, 0.6) is 0 Å². The van der Waals surface area contributed by atoms with Crippen molar-refractivity contribution >= 4 is 14.1 Å². The molecule has 0 saturated carbocycles. The van der Waals surface area contributed by atoms with Crippen molar-refractivity contribution in [3.63, 3.8) is 0 Å². The normalized spacial score (nSPS) is 13.8. The van der Waals surface area contributed by atoms with Crippen molar-refractivity contribution in [1.29, 1.82) is 0 Å². The lowest BCUT2D eigenvalue weighted by Crippen LogP contribution is -2.28. The van der Waals surface area contributed by atoms with Gasteiger partial charge in [0.05, 0.1) is 19.6 Å². The fourth-order valence-electron chi connectivity index (χ4n) is 1.50. The molecule has 0 saturated heterocycles. The van der Waals surface area contributed by atoms with Gasteiger partial charge in [-0.25, -0.2) is 0 Å². The van der Waals surface area contributed by atoms with Crippen molar-refractivity contribution in [3.05, 3.63) is 36.5 Å². The zero-order chi connectivity index (χ0) is 13.6. The van der Waals surface area contributed by atoms with Gasteiger partial charge < -0.3 is 13.6 Å². The van der Waals surface area contributed by atoms with E-state index in [-0.39, 0.29) is 18.3 Å². The minimum atomic E-state index is -1.74. The fourth-order valence-corrected chi connectivity index (χ4v) is 2.55. The molecule has 1 heterocycles. The molecule has 18 heavy (non-hydrogen) atoms. The van der Waals surface area contributed by atoms with E-state index in [2.05, 4.69) is 19.6 Å². The van der Waals surface area contributed by atoms with Gasteiger partial charge in [0.15, 0.2) is 14.1 Å². The Labute approximate surface area is 109 Å². The standard InChI is InChI=1S/C13H20O4Si/c1-15-9-7-11(14)10-13(17-18(2,3)4)12-6-5-8-16-12/h5-9,13H,10H2,1-4H3/b9-7+/t13-/m0/s1. The van der Waals surface area contributed by atoms with Crippen LogP contribution in [-0.2, 0) is 14.0 Å². The predicted octanol–water partition coefficient (Wildman–Crippen LogP) is 3.29. The smallest absolute Gasteiger partial charge is 0.184 e. The highest BCUT2D eigenvalue weighted by molar-refractivity contribution is 6.69. The Hall–Kier alpha value is -1.33. The third-order valence-electron chi connectivity index (χ3n) is 2.13. The monoisotopic (exact) mass is 268 g/mol. The van der Waals surface area contributed by atoms with Crippen molar-refractivity contribution in [3.8, 4) is 0 Å². The van der Waals surface area contributed by atoms with Gasteiger partial charge >= 0.3 is 0 Å². The molecular formula is C13H20O4Si. The molecular weight excluding hydrogens is 248 g/mol. The first-order valence-electron chi connectivity index (χ1n) is 5.86. The van der Waals surface area contributed by atoms with Gasteiger partial charge in [0.2, 0.25) is 0 Å². The van der Waals surface area contributed by atoms with Gasteiger partial charge in [0.1, 0.15) is 11.9 Å². The van der Waals surface area contributed by atoms with Crippen LogP contribution in [0.1, 0.15) is 18.3 Å². The Kier molecular flexibility index (Phi) is 5.37. The van der Waals surface area contributed by atoms with E-state index >= 15 is 0 Å². The lowest BCUT2D eigenvalue weighted by atomic mass is 10.1. The molecule has 1 aromatic rings. The SMILES string of the molecule is CO/C=C/C(=O)C[C@H](O[Si](C)(C)C)c1ccco1. The van der Waals surface area contributed by atoms with Crippen molar-refractivity contribution < 1.29 is 18.4 Å². The van der Waals surface area contributed by atoms with Gasteiger partial charge in [-0.15, -0.1) is 0 Å². The van der Waals surface area contributed by atoms with Crippen LogP contribution >= 0.6 is 0 Å². The molecule has 100 valence electrons. The van der Waals surface area contributed by atoms with Crippen LogP contribution in [0.3, 0.4) is 0 Å². The number of ether oxygens (including phenoxy) is 1. The molecule has 5 heteroatoms. The Morgan fingerprint density at radius 1 is 1.50 bits per heavy atom. The highest BCUT2D eigenvalue weighted by Crippen LogP contribution is 2.26. The molecule has 0 spiro atoms. The zero-order valence-corrected chi connectivity index (χ0v) is 12.3. The van der Waals surface area contributed by atoms with Crippen molar-refractivity contribution in [1.82, 2.24) is 0 Å². The van der Waals surface area contributed by atoms with E-state index in [1.807, 2.05) is 6.07 Å². The largest absolute Gasteiger partial charge is 0.504 e. The minimum absolute atomic E-state index is 0.0449. The lowest BCUT2D eigenvalue weighted by Gasteiger charge is -2.24. The summed E-state index contributed by atoms with van der Waals surface area (Å²) < 4.78 is 16.0. The molecule has 1 aromatic heterocycles. The summed E-state index contributed by atoms with van der Waals surface area (Å²) in [4.78, 5) is 11.7. The number of allylic oxidation sites excluding steroid dienone is 1. The molecule has 0 aliphatic heterocycles. The second-order valence-corrected chi connectivity index (χ2v) is 9.40. The maximum Gasteiger partial charge on any atom is 0.184 e. The first kappa shape index (κ1) is 14.7. The van der Waals surface area contributed by atoms with Crippen molar-refractivity contribution in [2.75, 3.05) is 7.11 Å². The highest BCUT2D eigenvalue weighted by atomic mass is 28.4. The number of hydrogen-bond acceptors (Lipinski definition) is 4. The van der Waals surface area contributed by atoms with E-state index in [4.69, 9.17) is 13.6 Å². The third-order valence-corrected chi connectivity index (χ3v) is 3.12. The van der Waals surface area contributed by atoms with E-state index < -0.39 is 8.32 Å². The fraction of sp³-hybridized carbons (Fsp3) is 0.462. The number of hydrogen-bond donors (Lipinski definition) is 0. The van der Waals surface area contributed by atoms with E-state index in [1.165, 1.54) is 19.4 Å². The van der Waals surface area contributed by atoms with Gasteiger partial charge in [-0.05, 0) is 31.8 Å². The molecule has 0 aromatic carbocycles. The number of carbonyl (C=O) groups is 1. The second kappa shape index (κ2) is 6.56. The summed E-state index contributed by atoms with van der Waals surface area (Å²) in [6.07, 6.45) is 4.31. The molecule has 0 aliphatic carbocycles. The second-order valence-electron chi connectivity index (χ2n) is 4.94. The van der Waals surface area contributed by atoms with E-state index in [9.17, 15) is 4.79 Å². The van der Waals surface area contributed by atoms with Gasteiger partial charge in [-0.1, -0.05) is 0 Å². The maximum absolute atomic E-state index is 11.7. The maximum atomic E-state index is 11.7. The van der Waals surface area contributed by atoms with E-state index in [0.717, 1.165) is 0 Å². The quantitative estimate of drug-likeness (QED) is 0.432. The Bertz CT molecular complexity index is 390.